The van der Waals surface area contributed by atoms with Crippen molar-refractivity contribution in [3.8, 4) is 0 Å². The highest BCUT2D eigenvalue weighted by molar-refractivity contribution is 5.09. The van der Waals surface area contributed by atoms with E-state index in [4.69, 9.17) is 56.8 Å². The van der Waals surface area contributed by atoms with Gasteiger partial charge >= 0.3 is 0 Å². The van der Waals surface area contributed by atoms with E-state index in [1.807, 2.05) is 26.8 Å². The highest BCUT2D eigenvalue weighted by Gasteiger charge is 2.60. The van der Waals surface area contributed by atoms with Crippen molar-refractivity contribution in [3.63, 3.8) is 0 Å². The van der Waals surface area contributed by atoms with Gasteiger partial charge in [-0.15, -0.1) is 0 Å². The lowest BCUT2D eigenvalue weighted by Gasteiger charge is -2.40. The summed E-state index contributed by atoms with van der Waals surface area (Å²) in [6, 6.07) is 0. The lowest BCUT2D eigenvalue weighted by molar-refractivity contribution is -0.150. The summed E-state index contributed by atoms with van der Waals surface area (Å²) in [5.41, 5.74) is 1.05. The fraction of sp³-hybridized carbons (Fsp3) is 0.949. The lowest BCUT2D eigenvalue weighted by Crippen LogP contribution is -2.45. The van der Waals surface area contributed by atoms with E-state index in [2.05, 4.69) is 89.7 Å². The molecule has 0 aromatic carbocycles. The SMILES string of the molecule is C=COCCCC.CC=COCCCC.CCC(C)C1CCC2(C)OC2C1.CCC1(COC)COC1.CCCC1CC2CC1C1CC21.CCCC1CCC2CC2C1.CCCCOCC1(CC)COC1.CCCCOCC1CO1.CCCOCC1COC(C)(C)O1. The van der Waals surface area contributed by atoms with Crippen molar-refractivity contribution in [1.29, 1.82) is 0 Å². The number of hydrogen-bond acceptors (Lipinski definition) is 12. The minimum absolute atomic E-state index is 0.117. The summed E-state index contributed by atoms with van der Waals surface area (Å²) in [5, 5.41) is 0. The number of ether oxygens (including phenoxy) is 12. The van der Waals surface area contributed by atoms with Gasteiger partial charge < -0.3 is 56.8 Å². The number of methoxy groups -OCH3 is 1. The molecule has 5 saturated heterocycles. The molecule has 0 amide bonds. The summed E-state index contributed by atoms with van der Waals surface area (Å²) in [6.45, 7) is 48.6. The van der Waals surface area contributed by atoms with E-state index < -0.39 is 5.79 Å². The van der Waals surface area contributed by atoms with Crippen molar-refractivity contribution < 1.29 is 56.8 Å². The van der Waals surface area contributed by atoms with E-state index in [1.165, 1.54) is 145 Å². The van der Waals surface area contributed by atoms with Crippen molar-refractivity contribution in [2.75, 3.05) is 106 Å². The van der Waals surface area contributed by atoms with E-state index in [0.29, 0.717) is 41.9 Å². The van der Waals surface area contributed by atoms with Gasteiger partial charge in [-0.2, -0.15) is 0 Å². The molecular weight excluding hydrogens is 1130 g/mol. The summed E-state index contributed by atoms with van der Waals surface area (Å²) in [5.74, 6) is 10.9. The Hall–Kier alpha value is -1.32. The summed E-state index contributed by atoms with van der Waals surface area (Å²) >= 11 is 0. The molecule has 90 heavy (non-hydrogen) atoms. The first kappa shape index (κ1) is 82.9. The van der Waals surface area contributed by atoms with Crippen LogP contribution in [-0.2, 0) is 56.8 Å². The van der Waals surface area contributed by atoms with Crippen LogP contribution in [0.25, 0.3) is 0 Å². The topological polar surface area (TPSA) is 117 Å². The molecule has 0 aromatic heterocycles. The maximum Gasteiger partial charge on any atom is 0.163 e. The van der Waals surface area contributed by atoms with Crippen LogP contribution in [0.1, 0.15) is 271 Å². The number of rotatable bonds is 32. The van der Waals surface area contributed by atoms with Gasteiger partial charge in [-0.1, -0.05) is 153 Å². The van der Waals surface area contributed by atoms with E-state index in [9.17, 15) is 0 Å². The number of fused-ring (bicyclic) bond motifs is 7. The molecule has 2 bridgehead atoms. The Labute approximate surface area is 556 Å². The number of unbranched alkanes of at least 4 members (excludes halogenated alkanes) is 4. The van der Waals surface area contributed by atoms with Crippen molar-refractivity contribution in [2.45, 2.75) is 300 Å². The van der Waals surface area contributed by atoms with Gasteiger partial charge in [0.15, 0.2) is 5.79 Å². The second-order valence-corrected chi connectivity index (χ2v) is 29.6. The van der Waals surface area contributed by atoms with Crippen LogP contribution in [0.4, 0.5) is 0 Å². The Morgan fingerprint density at radius 1 is 0.556 bits per heavy atom. The molecule has 14 atom stereocenters. The van der Waals surface area contributed by atoms with Gasteiger partial charge in [-0.3, -0.25) is 0 Å². The Morgan fingerprint density at radius 3 is 1.64 bits per heavy atom. The molecule has 0 radical (unpaired) electrons. The van der Waals surface area contributed by atoms with Gasteiger partial charge in [0.2, 0.25) is 0 Å². The van der Waals surface area contributed by atoms with E-state index in [-0.39, 0.29) is 6.10 Å². The van der Waals surface area contributed by atoms with Gasteiger partial charge in [0, 0.05) is 37.8 Å². The average Bonchev–Trinajstić information content (AvgIpc) is 1.58. The summed E-state index contributed by atoms with van der Waals surface area (Å²) in [6.07, 6.45) is 41.5. The molecule has 532 valence electrons. The maximum atomic E-state index is 5.69. The van der Waals surface area contributed by atoms with E-state index in [0.717, 1.165) is 129 Å². The summed E-state index contributed by atoms with van der Waals surface area (Å²) in [4.78, 5) is 0. The van der Waals surface area contributed by atoms with Crippen LogP contribution in [-0.4, -0.2) is 136 Å². The number of epoxide rings is 2. The van der Waals surface area contributed by atoms with Gasteiger partial charge in [-0.25, -0.2) is 0 Å². The number of allylic oxidation sites excluding steroid dienone is 1. The fourth-order valence-corrected chi connectivity index (χ4v) is 14.1. The Balaban J connectivity index is 0.000000266. The zero-order valence-corrected chi connectivity index (χ0v) is 61.8. The molecule has 12 nitrogen and oxygen atoms in total. The van der Waals surface area contributed by atoms with Crippen molar-refractivity contribution in [1.82, 2.24) is 0 Å². The monoisotopic (exact) mass is 1280 g/mol. The first-order chi connectivity index (χ1) is 43.5. The molecule has 0 spiro atoms. The first-order valence-corrected chi connectivity index (χ1v) is 37.9. The Bertz CT molecular complexity index is 1740. The molecule has 5 aliphatic heterocycles. The van der Waals surface area contributed by atoms with E-state index >= 15 is 0 Å². The highest BCUT2D eigenvalue weighted by Crippen LogP contribution is 2.68. The number of hydrogen-bond donors (Lipinski definition) is 0. The third-order valence-electron chi connectivity index (χ3n) is 21.1. The zero-order chi connectivity index (χ0) is 66.1. The zero-order valence-electron chi connectivity index (χ0n) is 61.8. The molecule has 11 fully saturated rings. The third-order valence-corrected chi connectivity index (χ3v) is 21.1. The summed E-state index contributed by atoms with van der Waals surface area (Å²) in [7, 11) is 1.75. The van der Waals surface area contributed by atoms with Crippen LogP contribution in [0, 0.1) is 70.0 Å². The Morgan fingerprint density at radius 2 is 1.17 bits per heavy atom. The van der Waals surface area contributed by atoms with Crippen LogP contribution < -0.4 is 0 Å². The molecule has 11 aliphatic rings. The van der Waals surface area contributed by atoms with Crippen LogP contribution in [0.5, 0.6) is 0 Å². The molecule has 14 unspecified atom stereocenters. The molecule has 5 heterocycles. The van der Waals surface area contributed by atoms with Crippen LogP contribution in [0.15, 0.2) is 25.2 Å². The quantitative estimate of drug-likeness (QED) is 0.0363. The largest absolute Gasteiger partial charge is 0.502 e. The first-order valence-electron chi connectivity index (χ1n) is 37.9. The van der Waals surface area contributed by atoms with Crippen molar-refractivity contribution >= 4 is 0 Å². The maximum absolute atomic E-state index is 5.69. The predicted molar refractivity (Wildman–Crippen MR) is 373 cm³/mol. The van der Waals surface area contributed by atoms with Crippen molar-refractivity contribution in [3.05, 3.63) is 25.2 Å². The molecule has 6 aliphatic carbocycles. The van der Waals surface area contributed by atoms with Gasteiger partial charge in [0.25, 0.3) is 0 Å². The molecule has 0 aromatic rings. The standard InChI is InChI=1S/C11H20O.C11H18.C10H20O2.C10H18.C9H18O3.2C7H14O2.C7H14O.C6H12O/c1-4-8(2)9-5-6-11(3)10(7-9)12-11;1-2-3-7-4-8-5-9(7)11-6-10(8)11;1-3-5-6-11-7-10(4-2)8-12-9-10;1-2-3-8-4-5-9-7-10(9)6-8;1-4-5-10-6-8-7-11-9(2,3)12-8;1-3-7(4-8-2)5-9-6-7;1-2-3-4-8-5-7-6-9-7;1-3-5-7-8-6-4-2;1-3-5-6-7-4-2/h8-10H,4-7H2,1-3H3;7-11H,2-6H2,1H3;3-9H2,1-2H3;8-10H,2-7H2,1H3;8H,4-7H2,1-3H3;3-6H2,1-2H3;7H,2-6H2,1H3;4,6H,3,5,7H2,1-2H3;4H,2-3,5-6H2,1H3. The van der Waals surface area contributed by atoms with E-state index in [1.54, 1.807) is 58.3 Å². The van der Waals surface area contributed by atoms with Gasteiger partial charge in [0.1, 0.15) is 12.2 Å². The van der Waals surface area contributed by atoms with Gasteiger partial charge in [-0.05, 0) is 190 Å². The van der Waals surface area contributed by atoms with Gasteiger partial charge in [0.05, 0.1) is 104 Å². The van der Waals surface area contributed by atoms with Crippen LogP contribution in [0.3, 0.4) is 0 Å². The second-order valence-electron chi connectivity index (χ2n) is 29.6. The lowest BCUT2D eigenvalue weighted by atomic mass is 9.76. The molecule has 11 rings (SSSR count). The minimum Gasteiger partial charge on any atom is -0.502 e. The van der Waals surface area contributed by atoms with Crippen LogP contribution >= 0.6 is 0 Å². The highest BCUT2D eigenvalue weighted by atomic mass is 16.7. The molecule has 0 N–H and O–H groups in total. The van der Waals surface area contributed by atoms with Crippen molar-refractivity contribution in [2.24, 2.45) is 70.0 Å². The third kappa shape index (κ3) is 33.6. The smallest absolute Gasteiger partial charge is 0.163 e. The predicted octanol–water partition coefficient (Wildman–Crippen LogP) is 19.6. The fourth-order valence-electron chi connectivity index (χ4n) is 14.1. The second kappa shape index (κ2) is 47.6. The Kier molecular flexibility index (Phi) is 43.8. The summed E-state index contributed by atoms with van der Waals surface area (Å²) < 4.78 is 63.1. The molecular formula is C78H148O12. The normalized spacial score (nSPS) is 31.2. The molecule has 6 saturated carbocycles. The average molecular weight is 1280 g/mol. The minimum atomic E-state index is -0.416. The van der Waals surface area contributed by atoms with Crippen LogP contribution in [0.2, 0.25) is 0 Å². The molecule has 12 heteroatoms.